The Labute approximate surface area is 100 Å². The molecule has 0 spiro atoms. The van der Waals surface area contributed by atoms with Crippen LogP contribution in [0, 0.1) is 0 Å². The Kier molecular flexibility index (Phi) is 3.21. The van der Waals surface area contributed by atoms with E-state index in [1.54, 1.807) is 24.4 Å². The van der Waals surface area contributed by atoms with E-state index in [0.717, 1.165) is 10.6 Å². The highest BCUT2D eigenvalue weighted by molar-refractivity contribution is 7.98. The van der Waals surface area contributed by atoms with Crippen LogP contribution in [0.4, 0.5) is 0 Å². The highest BCUT2D eigenvalue weighted by atomic mass is 32.2. The molecule has 0 aliphatic carbocycles. The van der Waals surface area contributed by atoms with Crippen molar-refractivity contribution < 1.29 is 9.90 Å². The van der Waals surface area contributed by atoms with Crippen molar-refractivity contribution in [3.8, 4) is 10.6 Å². The van der Waals surface area contributed by atoms with Gasteiger partial charge < -0.3 is 5.11 Å². The number of nitrogens with zero attached hydrogens (tertiary/aromatic N) is 2. The molecule has 0 amide bonds. The molecule has 2 aromatic rings. The summed E-state index contributed by atoms with van der Waals surface area (Å²) < 4.78 is 0. The summed E-state index contributed by atoms with van der Waals surface area (Å²) in [6.45, 7) is 0. The molecule has 2 rings (SSSR count). The van der Waals surface area contributed by atoms with Crippen LogP contribution in [0.15, 0.2) is 29.6 Å². The molecule has 0 aliphatic heterocycles. The number of carbonyl (C=O) groups is 1. The SMILES string of the molecule is CSc1nccc(-c2ccc(C(=O)O)s2)n1. The zero-order valence-corrected chi connectivity index (χ0v) is 10.0. The summed E-state index contributed by atoms with van der Waals surface area (Å²) in [4.78, 5) is 20.3. The minimum Gasteiger partial charge on any atom is -0.477 e. The van der Waals surface area contributed by atoms with E-state index in [-0.39, 0.29) is 0 Å². The van der Waals surface area contributed by atoms with Gasteiger partial charge in [-0.3, -0.25) is 0 Å². The van der Waals surface area contributed by atoms with E-state index in [9.17, 15) is 4.79 Å². The second-order valence-electron chi connectivity index (χ2n) is 2.90. The molecule has 0 radical (unpaired) electrons. The predicted octanol–water partition coefficient (Wildman–Crippen LogP) is 2.63. The molecule has 0 aliphatic rings. The van der Waals surface area contributed by atoms with E-state index >= 15 is 0 Å². The molecule has 0 saturated heterocycles. The minimum atomic E-state index is -0.907. The maximum atomic E-state index is 10.7. The van der Waals surface area contributed by atoms with Gasteiger partial charge in [0.05, 0.1) is 10.6 Å². The summed E-state index contributed by atoms with van der Waals surface area (Å²) in [5.41, 5.74) is 0.761. The Balaban J connectivity index is 2.38. The molecule has 4 nitrogen and oxygen atoms in total. The lowest BCUT2D eigenvalue weighted by Crippen LogP contribution is -1.89. The van der Waals surface area contributed by atoms with Crippen molar-refractivity contribution in [2.75, 3.05) is 6.26 Å². The van der Waals surface area contributed by atoms with E-state index < -0.39 is 5.97 Å². The first-order chi connectivity index (χ1) is 7.70. The number of thiophene rings is 1. The molecule has 0 atom stereocenters. The van der Waals surface area contributed by atoms with Crippen molar-refractivity contribution in [2.24, 2.45) is 0 Å². The van der Waals surface area contributed by atoms with Crippen molar-refractivity contribution in [1.82, 2.24) is 9.97 Å². The number of aromatic carboxylic acids is 1. The molecule has 6 heteroatoms. The molecule has 82 valence electrons. The predicted molar refractivity (Wildman–Crippen MR) is 64.1 cm³/mol. The number of carboxylic acids is 1. The van der Waals surface area contributed by atoms with Gasteiger partial charge in [0.1, 0.15) is 4.88 Å². The number of aromatic nitrogens is 2. The van der Waals surface area contributed by atoms with Crippen LogP contribution < -0.4 is 0 Å². The standard InChI is InChI=1S/C10H8N2O2S2/c1-15-10-11-5-4-6(12-10)7-2-3-8(16-7)9(13)14/h2-5H,1H3,(H,13,14). The summed E-state index contributed by atoms with van der Waals surface area (Å²) in [5, 5.41) is 9.50. The lowest BCUT2D eigenvalue weighted by atomic mass is 10.3. The van der Waals surface area contributed by atoms with E-state index in [1.165, 1.54) is 23.1 Å². The van der Waals surface area contributed by atoms with Gasteiger partial charge in [-0.1, -0.05) is 11.8 Å². The van der Waals surface area contributed by atoms with Crippen LogP contribution in [0.1, 0.15) is 9.67 Å². The van der Waals surface area contributed by atoms with Crippen LogP contribution in [0.5, 0.6) is 0 Å². The van der Waals surface area contributed by atoms with E-state index in [0.29, 0.717) is 10.0 Å². The van der Waals surface area contributed by atoms with E-state index in [4.69, 9.17) is 5.11 Å². The topological polar surface area (TPSA) is 63.1 Å². The summed E-state index contributed by atoms with van der Waals surface area (Å²) in [6.07, 6.45) is 3.57. The summed E-state index contributed by atoms with van der Waals surface area (Å²) in [7, 11) is 0. The molecular weight excluding hydrogens is 244 g/mol. The highest BCUT2D eigenvalue weighted by Gasteiger charge is 2.09. The first-order valence-electron chi connectivity index (χ1n) is 4.41. The Morgan fingerprint density at radius 3 is 2.88 bits per heavy atom. The average Bonchev–Trinajstić information content (AvgIpc) is 2.78. The smallest absolute Gasteiger partial charge is 0.345 e. The lowest BCUT2D eigenvalue weighted by Gasteiger charge is -1.97. The van der Waals surface area contributed by atoms with E-state index in [2.05, 4.69) is 9.97 Å². The van der Waals surface area contributed by atoms with Crippen LogP contribution in [-0.4, -0.2) is 27.3 Å². The van der Waals surface area contributed by atoms with Gasteiger partial charge in [0.25, 0.3) is 0 Å². The molecule has 0 saturated carbocycles. The van der Waals surface area contributed by atoms with Crippen molar-refractivity contribution in [2.45, 2.75) is 5.16 Å². The van der Waals surface area contributed by atoms with Crippen molar-refractivity contribution >= 4 is 29.1 Å². The molecule has 0 fully saturated rings. The first-order valence-corrected chi connectivity index (χ1v) is 6.45. The van der Waals surface area contributed by atoms with Gasteiger partial charge in [0, 0.05) is 6.20 Å². The Bertz CT molecular complexity index is 525. The molecule has 0 aromatic carbocycles. The van der Waals surface area contributed by atoms with Crippen molar-refractivity contribution in [1.29, 1.82) is 0 Å². The van der Waals surface area contributed by atoms with Crippen LogP contribution >= 0.6 is 23.1 Å². The van der Waals surface area contributed by atoms with Gasteiger partial charge in [-0.05, 0) is 24.5 Å². The van der Waals surface area contributed by atoms with E-state index in [1.807, 2.05) is 6.26 Å². The van der Waals surface area contributed by atoms with Gasteiger partial charge in [-0.2, -0.15) is 0 Å². The van der Waals surface area contributed by atoms with Crippen LogP contribution in [0.2, 0.25) is 0 Å². The van der Waals surface area contributed by atoms with Crippen LogP contribution in [-0.2, 0) is 0 Å². The summed E-state index contributed by atoms with van der Waals surface area (Å²) >= 11 is 2.67. The second kappa shape index (κ2) is 4.63. The third-order valence-corrected chi connectivity index (χ3v) is 3.54. The third-order valence-electron chi connectivity index (χ3n) is 1.89. The number of thioether (sulfide) groups is 1. The quantitative estimate of drug-likeness (QED) is 0.672. The maximum Gasteiger partial charge on any atom is 0.345 e. The van der Waals surface area contributed by atoms with Gasteiger partial charge in [-0.15, -0.1) is 11.3 Å². The zero-order chi connectivity index (χ0) is 11.5. The Morgan fingerprint density at radius 1 is 1.44 bits per heavy atom. The summed E-state index contributed by atoms with van der Waals surface area (Å²) in [6, 6.07) is 5.13. The average molecular weight is 252 g/mol. The van der Waals surface area contributed by atoms with Gasteiger partial charge >= 0.3 is 5.97 Å². The fourth-order valence-corrected chi connectivity index (χ4v) is 2.34. The maximum absolute atomic E-state index is 10.7. The van der Waals surface area contributed by atoms with Crippen LogP contribution in [0.3, 0.4) is 0 Å². The lowest BCUT2D eigenvalue weighted by molar-refractivity contribution is 0.0702. The normalized spacial score (nSPS) is 10.3. The fraction of sp³-hybridized carbons (Fsp3) is 0.100. The molecule has 0 bridgehead atoms. The second-order valence-corrected chi connectivity index (χ2v) is 4.75. The largest absolute Gasteiger partial charge is 0.477 e. The zero-order valence-electron chi connectivity index (χ0n) is 8.38. The monoisotopic (exact) mass is 252 g/mol. The van der Waals surface area contributed by atoms with Crippen LogP contribution in [0.25, 0.3) is 10.6 Å². The van der Waals surface area contributed by atoms with Gasteiger partial charge in [0.2, 0.25) is 0 Å². The fourth-order valence-electron chi connectivity index (χ4n) is 1.17. The first kappa shape index (κ1) is 11.1. The molecule has 2 heterocycles. The summed E-state index contributed by atoms with van der Waals surface area (Å²) in [5.74, 6) is -0.907. The van der Waals surface area contributed by atoms with Crippen molar-refractivity contribution in [3.05, 3.63) is 29.3 Å². The van der Waals surface area contributed by atoms with Gasteiger partial charge in [-0.25, -0.2) is 14.8 Å². The minimum absolute atomic E-state index is 0.319. The highest BCUT2D eigenvalue weighted by Crippen LogP contribution is 2.27. The van der Waals surface area contributed by atoms with Crippen molar-refractivity contribution in [3.63, 3.8) is 0 Å². The third kappa shape index (κ3) is 2.23. The number of hydrogen-bond donors (Lipinski definition) is 1. The molecule has 16 heavy (non-hydrogen) atoms. The number of carboxylic acid groups (broad SMARTS) is 1. The Morgan fingerprint density at radius 2 is 2.25 bits per heavy atom. The number of hydrogen-bond acceptors (Lipinski definition) is 5. The molecule has 2 aromatic heterocycles. The molecule has 0 unspecified atom stereocenters. The number of rotatable bonds is 3. The van der Waals surface area contributed by atoms with Gasteiger partial charge in [0.15, 0.2) is 5.16 Å². The molecular formula is C10H8N2O2S2. The molecule has 1 N–H and O–H groups in total. The Hall–Kier alpha value is -1.40.